The Morgan fingerprint density at radius 1 is 0.905 bits per heavy atom. The number of unbranched alkanes of at least 4 members (excludes halogenated alkanes) is 7. The molecule has 0 heterocycles. The van der Waals surface area contributed by atoms with Crippen LogP contribution in [0, 0.1) is 0 Å². The van der Waals surface area contributed by atoms with Gasteiger partial charge in [0.05, 0.1) is 26.7 Å². The Morgan fingerprint density at radius 3 is 1.76 bits per heavy atom. The number of hydrogen-bond acceptors (Lipinski definition) is 1. The minimum Gasteiger partial charge on any atom is -0.481 e. The van der Waals surface area contributed by atoms with Gasteiger partial charge in [-0.2, -0.15) is 0 Å². The summed E-state index contributed by atoms with van der Waals surface area (Å²) in [4.78, 5) is 10.4. The van der Waals surface area contributed by atoms with E-state index in [1.165, 1.54) is 45.1 Å². The van der Waals surface area contributed by atoms with Crippen LogP contribution in [0.1, 0.15) is 57.8 Å². The maximum Gasteiger partial charge on any atom is 0.303 e. The monoisotopic (exact) mass is 296 g/mol. The maximum absolute atomic E-state index is 10.4. The van der Waals surface area contributed by atoms with Gasteiger partial charge in [0.1, 0.15) is 0 Å². The second kappa shape index (κ2) is 12.6. The minimum atomic E-state index is -0.671. The van der Waals surface area contributed by atoms with Gasteiger partial charge in [0.15, 0.2) is 0 Å². The molecular formula is C18H34NO2+. The largest absolute Gasteiger partial charge is 0.481 e. The first-order chi connectivity index (χ1) is 10.0. The molecule has 0 unspecified atom stereocenters. The fourth-order valence-electron chi connectivity index (χ4n) is 2.71. The second-order valence-corrected chi connectivity index (χ2v) is 6.26. The Hall–Kier alpha value is -1.09. The SMILES string of the molecule is C=CC[N+](C)(CC=C)CCCCCCCCCCC(=O)O. The number of nitrogens with zero attached hydrogens (tertiary/aromatic N) is 1. The average Bonchev–Trinajstić information content (AvgIpc) is 2.41. The Balaban J connectivity index is 3.47. The van der Waals surface area contributed by atoms with Gasteiger partial charge in [0.2, 0.25) is 0 Å². The van der Waals surface area contributed by atoms with Gasteiger partial charge in [-0.3, -0.25) is 4.79 Å². The normalized spacial score (nSPS) is 11.3. The molecule has 0 aromatic carbocycles. The molecule has 0 aromatic rings. The van der Waals surface area contributed by atoms with Crippen LogP contribution < -0.4 is 0 Å². The number of hydrogen-bond donors (Lipinski definition) is 1. The van der Waals surface area contributed by atoms with Crippen LogP contribution in [0.3, 0.4) is 0 Å². The van der Waals surface area contributed by atoms with E-state index >= 15 is 0 Å². The van der Waals surface area contributed by atoms with Crippen molar-refractivity contribution in [2.75, 3.05) is 26.7 Å². The van der Waals surface area contributed by atoms with Crippen LogP contribution >= 0.6 is 0 Å². The number of carboxylic acid groups (broad SMARTS) is 1. The molecule has 0 atom stereocenters. The summed E-state index contributed by atoms with van der Waals surface area (Å²) in [6.07, 6.45) is 13.7. The highest BCUT2D eigenvalue weighted by atomic mass is 16.4. The molecule has 0 amide bonds. The number of carbonyl (C=O) groups is 1. The summed E-state index contributed by atoms with van der Waals surface area (Å²) in [7, 11) is 2.27. The van der Waals surface area contributed by atoms with E-state index in [4.69, 9.17) is 5.11 Å². The van der Waals surface area contributed by atoms with Gasteiger partial charge in [-0.15, -0.1) is 0 Å². The van der Waals surface area contributed by atoms with Gasteiger partial charge in [-0.25, -0.2) is 0 Å². The smallest absolute Gasteiger partial charge is 0.303 e. The molecule has 3 heteroatoms. The molecule has 0 radical (unpaired) electrons. The van der Waals surface area contributed by atoms with Crippen LogP contribution in [-0.4, -0.2) is 42.2 Å². The molecule has 0 spiro atoms. The van der Waals surface area contributed by atoms with E-state index < -0.39 is 5.97 Å². The summed E-state index contributed by atoms with van der Waals surface area (Å²) < 4.78 is 1.02. The Morgan fingerprint density at radius 2 is 1.33 bits per heavy atom. The van der Waals surface area contributed by atoms with Crippen molar-refractivity contribution in [3.63, 3.8) is 0 Å². The predicted octanol–water partition coefficient (Wildman–Crippen LogP) is 4.40. The lowest BCUT2D eigenvalue weighted by atomic mass is 10.1. The topological polar surface area (TPSA) is 37.3 Å². The van der Waals surface area contributed by atoms with Crippen molar-refractivity contribution in [1.29, 1.82) is 0 Å². The van der Waals surface area contributed by atoms with Gasteiger partial charge >= 0.3 is 5.97 Å². The van der Waals surface area contributed by atoms with Crippen molar-refractivity contribution in [1.82, 2.24) is 0 Å². The van der Waals surface area contributed by atoms with E-state index in [-0.39, 0.29) is 0 Å². The van der Waals surface area contributed by atoms with Gasteiger partial charge in [0.25, 0.3) is 0 Å². The minimum absolute atomic E-state index is 0.323. The fraction of sp³-hybridized carbons (Fsp3) is 0.722. The molecule has 0 bridgehead atoms. The van der Waals surface area contributed by atoms with Crippen molar-refractivity contribution in [3.8, 4) is 0 Å². The van der Waals surface area contributed by atoms with E-state index in [0.717, 1.165) is 30.4 Å². The van der Waals surface area contributed by atoms with Gasteiger partial charge in [0, 0.05) is 6.42 Å². The number of quaternary nitrogens is 1. The zero-order valence-corrected chi connectivity index (χ0v) is 13.9. The third-order valence-corrected chi connectivity index (χ3v) is 3.98. The predicted molar refractivity (Wildman–Crippen MR) is 90.4 cm³/mol. The first-order valence-corrected chi connectivity index (χ1v) is 8.31. The molecule has 0 saturated carbocycles. The van der Waals surface area contributed by atoms with E-state index in [1.807, 2.05) is 12.2 Å². The van der Waals surface area contributed by atoms with Crippen molar-refractivity contribution in [2.24, 2.45) is 0 Å². The molecular weight excluding hydrogens is 262 g/mol. The molecule has 0 aromatic heterocycles. The number of aliphatic carboxylic acids is 1. The molecule has 122 valence electrons. The molecule has 0 rings (SSSR count). The lowest BCUT2D eigenvalue weighted by molar-refractivity contribution is -0.898. The first kappa shape index (κ1) is 19.9. The van der Waals surface area contributed by atoms with E-state index in [9.17, 15) is 4.79 Å². The van der Waals surface area contributed by atoms with E-state index in [0.29, 0.717) is 6.42 Å². The summed E-state index contributed by atoms with van der Waals surface area (Å²) in [5.41, 5.74) is 0. The fourth-order valence-corrected chi connectivity index (χ4v) is 2.71. The highest BCUT2D eigenvalue weighted by molar-refractivity contribution is 5.66. The van der Waals surface area contributed by atoms with Gasteiger partial charge < -0.3 is 9.59 Å². The summed E-state index contributed by atoms with van der Waals surface area (Å²) in [6, 6.07) is 0. The van der Waals surface area contributed by atoms with Crippen molar-refractivity contribution < 1.29 is 14.4 Å². The van der Waals surface area contributed by atoms with Crippen LogP contribution in [0.2, 0.25) is 0 Å². The molecule has 0 aliphatic rings. The highest BCUT2D eigenvalue weighted by Gasteiger charge is 2.16. The number of likely N-dealkylation sites (N-methyl/N-ethyl adjacent to an activating group) is 1. The Bertz CT molecular complexity index is 290. The zero-order valence-electron chi connectivity index (χ0n) is 13.9. The lowest BCUT2D eigenvalue weighted by Crippen LogP contribution is -2.44. The van der Waals surface area contributed by atoms with Gasteiger partial charge in [-0.05, 0) is 31.4 Å². The van der Waals surface area contributed by atoms with Crippen LogP contribution in [-0.2, 0) is 4.79 Å². The molecule has 3 nitrogen and oxygen atoms in total. The molecule has 0 saturated heterocycles. The third-order valence-electron chi connectivity index (χ3n) is 3.98. The Labute approximate surface area is 130 Å². The average molecular weight is 296 g/mol. The lowest BCUT2D eigenvalue weighted by Gasteiger charge is -2.32. The molecule has 21 heavy (non-hydrogen) atoms. The molecule has 0 fully saturated rings. The van der Waals surface area contributed by atoms with E-state index in [2.05, 4.69) is 20.2 Å². The first-order valence-electron chi connectivity index (χ1n) is 8.31. The molecule has 0 aliphatic heterocycles. The van der Waals surface area contributed by atoms with Crippen LogP contribution in [0.25, 0.3) is 0 Å². The molecule has 1 N–H and O–H groups in total. The quantitative estimate of drug-likeness (QED) is 0.276. The summed E-state index contributed by atoms with van der Waals surface area (Å²) in [5, 5.41) is 8.54. The van der Waals surface area contributed by atoms with Crippen molar-refractivity contribution in [2.45, 2.75) is 57.8 Å². The van der Waals surface area contributed by atoms with Crippen LogP contribution in [0.15, 0.2) is 25.3 Å². The summed E-state index contributed by atoms with van der Waals surface area (Å²) in [5.74, 6) is -0.671. The number of carboxylic acids is 1. The standard InChI is InChI=1S/C18H33NO2/c1-4-15-19(3,16-5-2)17-13-11-9-7-6-8-10-12-14-18(20)21/h4-5H,1-2,6-17H2,3H3/p+1. The maximum atomic E-state index is 10.4. The summed E-state index contributed by atoms with van der Waals surface area (Å²) >= 11 is 0. The van der Waals surface area contributed by atoms with Gasteiger partial charge in [-0.1, -0.05) is 45.3 Å². The van der Waals surface area contributed by atoms with Crippen molar-refractivity contribution in [3.05, 3.63) is 25.3 Å². The van der Waals surface area contributed by atoms with Crippen molar-refractivity contribution >= 4 is 5.97 Å². The second-order valence-electron chi connectivity index (χ2n) is 6.26. The summed E-state index contributed by atoms with van der Waals surface area (Å²) in [6.45, 7) is 10.9. The number of rotatable bonds is 15. The molecule has 0 aliphatic carbocycles. The third kappa shape index (κ3) is 12.4. The zero-order chi connectivity index (χ0) is 16.0. The van der Waals surface area contributed by atoms with E-state index in [1.54, 1.807) is 0 Å². The van der Waals surface area contributed by atoms with Crippen LogP contribution in [0.4, 0.5) is 0 Å². The Kier molecular flexibility index (Phi) is 12.0. The van der Waals surface area contributed by atoms with Crippen LogP contribution in [0.5, 0.6) is 0 Å². The highest BCUT2D eigenvalue weighted by Crippen LogP contribution is 2.12.